The van der Waals surface area contributed by atoms with Crippen LogP contribution in [0, 0.1) is 0 Å². The van der Waals surface area contributed by atoms with Crippen molar-refractivity contribution in [2.75, 3.05) is 6.61 Å². The zero-order chi connectivity index (χ0) is 11.7. The Morgan fingerprint density at radius 1 is 0.941 bits per heavy atom. The van der Waals surface area contributed by atoms with Gasteiger partial charge in [-0.2, -0.15) is 0 Å². The quantitative estimate of drug-likeness (QED) is 0.809. The van der Waals surface area contributed by atoms with Gasteiger partial charge < -0.3 is 9.84 Å². The first kappa shape index (κ1) is 10.4. The maximum atomic E-state index is 10.1. The Morgan fingerprint density at radius 3 is 2.47 bits per heavy atom. The standard InChI is InChI=1S/C15H14O2/c16-13-10-17-14-9-5-4-8-12(14)15(13)11-6-2-1-3-7-11/h1-9,13,15-16H,10H2/t13-,15-/m1/s1. The van der Waals surface area contributed by atoms with Crippen LogP contribution in [0.25, 0.3) is 0 Å². The fourth-order valence-corrected chi connectivity index (χ4v) is 2.41. The minimum atomic E-state index is -0.479. The summed E-state index contributed by atoms with van der Waals surface area (Å²) in [7, 11) is 0. The Labute approximate surface area is 100 Å². The van der Waals surface area contributed by atoms with Crippen LogP contribution in [0.2, 0.25) is 0 Å². The van der Waals surface area contributed by atoms with Gasteiger partial charge in [-0.3, -0.25) is 0 Å². The largest absolute Gasteiger partial charge is 0.491 e. The summed E-state index contributed by atoms with van der Waals surface area (Å²) in [6.45, 7) is 0.358. The molecule has 1 aliphatic rings. The molecule has 0 unspecified atom stereocenters. The van der Waals surface area contributed by atoms with E-state index in [0.29, 0.717) is 6.61 Å². The Kier molecular flexibility index (Phi) is 2.57. The summed E-state index contributed by atoms with van der Waals surface area (Å²) in [5.41, 5.74) is 2.20. The van der Waals surface area contributed by atoms with Crippen LogP contribution < -0.4 is 4.74 Å². The van der Waals surface area contributed by atoms with Gasteiger partial charge in [0.2, 0.25) is 0 Å². The first-order chi connectivity index (χ1) is 8.36. The van der Waals surface area contributed by atoms with Gasteiger partial charge in [0.15, 0.2) is 0 Å². The number of hydrogen-bond donors (Lipinski definition) is 1. The van der Waals surface area contributed by atoms with Crippen molar-refractivity contribution < 1.29 is 9.84 Å². The molecule has 0 saturated heterocycles. The second kappa shape index (κ2) is 4.22. The van der Waals surface area contributed by atoms with Crippen molar-refractivity contribution in [3.05, 3.63) is 65.7 Å². The minimum absolute atomic E-state index is 0.0150. The van der Waals surface area contributed by atoms with E-state index in [4.69, 9.17) is 4.74 Å². The normalized spacial score (nSPS) is 22.6. The SMILES string of the molecule is O[C@@H]1COc2ccccc2[C@H]1c1ccccc1. The van der Waals surface area contributed by atoms with E-state index < -0.39 is 6.10 Å². The first-order valence-electron chi connectivity index (χ1n) is 5.81. The third-order valence-electron chi connectivity index (χ3n) is 3.21. The lowest BCUT2D eigenvalue weighted by atomic mass is 9.85. The van der Waals surface area contributed by atoms with Crippen molar-refractivity contribution in [2.45, 2.75) is 12.0 Å². The van der Waals surface area contributed by atoms with E-state index in [1.807, 2.05) is 42.5 Å². The maximum Gasteiger partial charge on any atom is 0.123 e. The smallest absolute Gasteiger partial charge is 0.123 e. The van der Waals surface area contributed by atoms with Crippen LogP contribution >= 0.6 is 0 Å². The lowest BCUT2D eigenvalue weighted by Gasteiger charge is -2.30. The molecule has 2 aromatic rings. The molecule has 0 saturated carbocycles. The van der Waals surface area contributed by atoms with E-state index in [2.05, 4.69) is 12.1 Å². The molecule has 1 N–H and O–H groups in total. The minimum Gasteiger partial charge on any atom is -0.491 e. The highest BCUT2D eigenvalue weighted by Crippen LogP contribution is 2.37. The summed E-state index contributed by atoms with van der Waals surface area (Å²) >= 11 is 0. The molecule has 17 heavy (non-hydrogen) atoms. The number of para-hydroxylation sites is 1. The summed E-state index contributed by atoms with van der Waals surface area (Å²) < 4.78 is 5.54. The number of aliphatic hydroxyl groups excluding tert-OH is 1. The molecule has 2 nitrogen and oxygen atoms in total. The highest BCUT2D eigenvalue weighted by atomic mass is 16.5. The molecule has 3 rings (SSSR count). The molecule has 86 valence electrons. The second-order valence-corrected chi connectivity index (χ2v) is 4.30. The summed E-state index contributed by atoms with van der Waals surface area (Å²) in [4.78, 5) is 0. The van der Waals surface area contributed by atoms with Crippen molar-refractivity contribution in [1.29, 1.82) is 0 Å². The molecule has 0 fully saturated rings. The number of rotatable bonds is 1. The van der Waals surface area contributed by atoms with Crippen molar-refractivity contribution in [3.63, 3.8) is 0 Å². The van der Waals surface area contributed by atoms with E-state index >= 15 is 0 Å². The van der Waals surface area contributed by atoms with Crippen molar-refractivity contribution >= 4 is 0 Å². The average molecular weight is 226 g/mol. The fraction of sp³-hybridized carbons (Fsp3) is 0.200. The first-order valence-corrected chi connectivity index (χ1v) is 5.81. The molecule has 2 aromatic carbocycles. The molecular weight excluding hydrogens is 212 g/mol. The maximum absolute atomic E-state index is 10.1. The highest BCUT2D eigenvalue weighted by molar-refractivity contribution is 5.44. The van der Waals surface area contributed by atoms with E-state index in [1.165, 1.54) is 0 Å². The van der Waals surface area contributed by atoms with Crippen molar-refractivity contribution in [3.8, 4) is 5.75 Å². The highest BCUT2D eigenvalue weighted by Gasteiger charge is 2.30. The van der Waals surface area contributed by atoms with Crippen LogP contribution in [-0.2, 0) is 0 Å². The third kappa shape index (κ3) is 1.81. The zero-order valence-electron chi connectivity index (χ0n) is 9.41. The Balaban J connectivity index is 2.10. The molecule has 2 atom stereocenters. The molecule has 2 heteroatoms. The van der Waals surface area contributed by atoms with E-state index in [0.717, 1.165) is 16.9 Å². The number of ether oxygens (including phenoxy) is 1. The average Bonchev–Trinajstić information content (AvgIpc) is 2.39. The third-order valence-corrected chi connectivity index (χ3v) is 3.21. The number of benzene rings is 2. The molecule has 0 bridgehead atoms. The topological polar surface area (TPSA) is 29.5 Å². The van der Waals surface area contributed by atoms with Crippen LogP contribution in [0.1, 0.15) is 17.0 Å². The van der Waals surface area contributed by atoms with Crippen LogP contribution in [0.3, 0.4) is 0 Å². The summed E-state index contributed by atoms with van der Waals surface area (Å²) in [5.74, 6) is 0.896. The molecule has 0 spiro atoms. The van der Waals surface area contributed by atoms with E-state index in [-0.39, 0.29) is 5.92 Å². The zero-order valence-corrected chi connectivity index (χ0v) is 9.41. The van der Waals surface area contributed by atoms with Gasteiger partial charge in [0.1, 0.15) is 12.4 Å². The van der Waals surface area contributed by atoms with E-state index in [9.17, 15) is 5.11 Å². The van der Waals surface area contributed by atoms with Crippen LogP contribution in [-0.4, -0.2) is 17.8 Å². The van der Waals surface area contributed by atoms with Crippen LogP contribution in [0.15, 0.2) is 54.6 Å². The van der Waals surface area contributed by atoms with Gasteiger partial charge in [0.05, 0.1) is 6.10 Å². The lowest BCUT2D eigenvalue weighted by Crippen LogP contribution is -2.31. The summed E-state index contributed by atoms with van der Waals surface area (Å²) in [6.07, 6.45) is -0.479. The van der Waals surface area contributed by atoms with Crippen molar-refractivity contribution in [2.24, 2.45) is 0 Å². The van der Waals surface area contributed by atoms with Gasteiger partial charge in [-0.1, -0.05) is 48.5 Å². The van der Waals surface area contributed by atoms with Crippen molar-refractivity contribution in [1.82, 2.24) is 0 Å². The van der Waals surface area contributed by atoms with Gasteiger partial charge in [0.25, 0.3) is 0 Å². The molecule has 0 aliphatic carbocycles. The molecule has 0 amide bonds. The van der Waals surface area contributed by atoms with Gasteiger partial charge in [-0.05, 0) is 11.6 Å². The second-order valence-electron chi connectivity index (χ2n) is 4.30. The van der Waals surface area contributed by atoms with Crippen LogP contribution in [0.5, 0.6) is 5.75 Å². The molecule has 1 aliphatic heterocycles. The van der Waals surface area contributed by atoms with E-state index in [1.54, 1.807) is 0 Å². The van der Waals surface area contributed by atoms with Crippen LogP contribution in [0.4, 0.5) is 0 Å². The molecule has 0 aromatic heterocycles. The van der Waals surface area contributed by atoms with Gasteiger partial charge in [-0.15, -0.1) is 0 Å². The lowest BCUT2D eigenvalue weighted by molar-refractivity contribution is 0.0771. The number of aliphatic hydroxyl groups is 1. The molecule has 1 heterocycles. The summed E-state index contributed by atoms with van der Waals surface area (Å²) in [5, 5.41) is 10.1. The molecular formula is C15H14O2. The van der Waals surface area contributed by atoms with Gasteiger partial charge in [0, 0.05) is 11.5 Å². The Bertz CT molecular complexity index is 507. The Morgan fingerprint density at radius 2 is 1.65 bits per heavy atom. The predicted octanol–water partition coefficient (Wildman–Crippen LogP) is 2.57. The summed E-state index contributed by atoms with van der Waals surface area (Å²) in [6, 6.07) is 18.0. The van der Waals surface area contributed by atoms with Gasteiger partial charge >= 0.3 is 0 Å². The fourth-order valence-electron chi connectivity index (χ4n) is 2.41. The van der Waals surface area contributed by atoms with Gasteiger partial charge in [-0.25, -0.2) is 0 Å². The molecule has 0 radical (unpaired) electrons. The predicted molar refractivity (Wildman–Crippen MR) is 66.2 cm³/mol. The Hall–Kier alpha value is -1.80. The number of hydrogen-bond acceptors (Lipinski definition) is 2. The number of fused-ring (bicyclic) bond motifs is 1. The monoisotopic (exact) mass is 226 g/mol.